The SMILES string of the molecule is Cc1ccccc1OCCNC(=O)CCc1ccc(C(C)C)cc1. The van der Waals surface area contributed by atoms with E-state index < -0.39 is 0 Å². The van der Waals surface area contributed by atoms with Crippen LogP contribution in [-0.2, 0) is 11.2 Å². The number of aryl methyl sites for hydroxylation is 2. The van der Waals surface area contributed by atoms with Crippen LogP contribution in [-0.4, -0.2) is 19.1 Å². The predicted octanol–water partition coefficient (Wildman–Crippen LogP) is 4.25. The van der Waals surface area contributed by atoms with E-state index in [0.29, 0.717) is 25.5 Å². The predicted molar refractivity (Wildman–Crippen MR) is 98.5 cm³/mol. The number of rotatable bonds is 8. The normalized spacial score (nSPS) is 10.7. The third-order valence-electron chi connectivity index (χ3n) is 4.06. The molecule has 0 radical (unpaired) electrons. The Hall–Kier alpha value is -2.29. The molecule has 1 amide bonds. The fourth-order valence-corrected chi connectivity index (χ4v) is 2.49. The molecule has 3 heteroatoms. The highest BCUT2D eigenvalue weighted by atomic mass is 16.5. The number of hydrogen-bond acceptors (Lipinski definition) is 2. The molecule has 24 heavy (non-hydrogen) atoms. The van der Waals surface area contributed by atoms with Crippen molar-refractivity contribution in [3.63, 3.8) is 0 Å². The molecule has 0 atom stereocenters. The van der Waals surface area contributed by atoms with Gasteiger partial charge in [-0.05, 0) is 42.0 Å². The second kappa shape index (κ2) is 9.11. The van der Waals surface area contributed by atoms with Gasteiger partial charge in [0.05, 0.1) is 6.54 Å². The Morgan fingerprint density at radius 2 is 1.79 bits per heavy atom. The summed E-state index contributed by atoms with van der Waals surface area (Å²) < 4.78 is 5.67. The van der Waals surface area contributed by atoms with Crippen molar-refractivity contribution in [2.75, 3.05) is 13.2 Å². The molecule has 0 aliphatic carbocycles. The van der Waals surface area contributed by atoms with Crippen LogP contribution in [0, 0.1) is 6.92 Å². The van der Waals surface area contributed by atoms with Gasteiger partial charge in [0, 0.05) is 6.42 Å². The summed E-state index contributed by atoms with van der Waals surface area (Å²) in [5.74, 6) is 1.48. The highest BCUT2D eigenvalue weighted by molar-refractivity contribution is 5.76. The lowest BCUT2D eigenvalue weighted by molar-refractivity contribution is -0.121. The van der Waals surface area contributed by atoms with Crippen LogP contribution in [0.25, 0.3) is 0 Å². The molecule has 2 aromatic carbocycles. The molecule has 0 bridgehead atoms. The first-order valence-electron chi connectivity index (χ1n) is 8.60. The Morgan fingerprint density at radius 1 is 1.08 bits per heavy atom. The minimum absolute atomic E-state index is 0.0660. The van der Waals surface area contributed by atoms with Gasteiger partial charge in [0.25, 0.3) is 0 Å². The molecule has 0 saturated carbocycles. The van der Waals surface area contributed by atoms with Crippen molar-refractivity contribution in [1.82, 2.24) is 5.32 Å². The first-order valence-corrected chi connectivity index (χ1v) is 8.60. The molecule has 0 saturated heterocycles. The number of hydrogen-bond donors (Lipinski definition) is 1. The number of benzene rings is 2. The van der Waals surface area contributed by atoms with E-state index in [0.717, 1.165) is 17.7 Å². The van der Waals surface area contributed by atoms with Crippen molar-refractivity contribution in [3.8, 4) is 5.75 Å². The molecule has 2 aromatic rings. The molecule has 2 rings (SSSR count). The second-order valence-corrected chi connectivity index (χ2v) is 6.36. The van der Waals surface area contributed by atoms with Gasteiger partial charge in [-0.2, -0.15) is 0 Å². The van der Waals surface area contributed by atoms with Crippen molar-refractivity contribution in [1.29, 1.82) is 0 Å². The minimum atomic E-state index is 0.0660. The third-order valence-corrected chi connectivity index (χ3v) is 4.06. The van der Waals surface area contributed by atoms with Gasteiger partial charge in [0.15, 0.2) is 0 Å². The maximum Gasteiger partial charge on any atom is 0.220 e. The van der Waals surface area contributed by atoms with E-state index in [1.54, 1.807) is 0 Å². The van der Waals surface area contributed by atoms with E-state index in [2.05, 4.69) is 43.4 Å². The summed E-state index contributed by atoms with van der Waals surface area (Å²) in [6.45, 7) is 7.39. The Morgan fingerprint density at radius 3 is 2.46 bits per heavy atom. The summed E-state index contributed by atoms with van der Waals surface area (Å²) in [5, 5.41) is 2.91. The Kier molecular flexibility index (Phi) is 6.86. The van der Waals surface area contributed by atoms with Gasteiger partial charge in [-0.15, -0.1) is 0 Å². The summed E-state index contributed by atoms with van der Waals surface area (Å²) in [4.78, 5) is 11.9. The fraction of sp³-hybridized carbons (Fsp3) is 0.381. The average molecular weight is 325 g/mol. The van der Waals surface area contributed by atoms with Gasteiger partial charge < -0.3 is 10.1 Å². The Labute approximate surface area is 145 Å². The van der Waals surface area contributed by atoms with E-state index in [9.17, 15) is 4.79 Å². The summed E-state index contributed by atoms with van der Waals surface area (Å²) in [7, 11) is 0. The number of carbonyl (C=O) groups excluding carboxylic acids is 1. The molecule has 0 fully saturated rings. The van der Waals surface area contributed by atoms with Gasteiger partial charge >= 0.3 is 0 Å². The van der Waals surface area contributed by atoms with E-state index in [-0.39, 0.29) is 5.91 Å². The maximum atomic E-state index is 11.9. The molecule has 128 valence electrons. The quantitative estimate of drug-likeness (QED) is 0.737. The van der Waals surface area contributed by atoms with E-state index in [1.807, 2.05) is 31.2 Å². The molecule has 3 nitrogen and oxygen atoms in total. The Bertz CT molecular complexity index is 647. The lowest BCUT2D eigenvalue weighted by Gasteiger charge is -2.10. The topological polar surface area (TPSA) is 38.3 Å². The molecule has 0 aliphatic rings. The number of carbonyl (C=O) groups is 1. The molecule has 0 aliphatic heterocycles. The van der Waals surface area contributed by atoms with Gasteiger partial charge in [0.1, 0.15) is 12.4 Å². The van der Waals surface area contributed by atoms with E-state index in [1.165, 1.54) is 11.1 Å². The second-order valence-electron chi connectivity index (χ2n) is 6.36. The largest absolute Gasteiger partial charge is 0.491 e. The number of para-hydroxylation sites is 1. The molecular weight excluding hydrogens is 298 g/mol. The van der Waals surface area contributed by atoms with Crippen LogP contribution in [0.3, 0.4) is 0 Å². The monoisotopic (exact) mass is 325 g/mol. The summed E-state index contributed by atoms with van der Waals surface area (Å²) in [5.41, 5.74) is 3.64. The first-order chi connectivity index (χ1) is 11.6. The van der Waals surface area contributed by atoms with Crippen molar-refractivity contribution < 1.29 is 9.53 Å². The van der Waals surface area contributed by atoms with E-state index in [4.69, 9.17) is 4.74 Å². The summed E-state index contributed by atoms with van der Waals surface area (Å²) >= 11 is 0. The lowest BCUT2D eigenvalue weighted by Crippen LogP contribution is -2.28. The zero-order chi connectivity index (χ0) is 17.4. The van der Waals surface area contributed by atoms with E-state index >= 15 is 0 Å². The van der Waals surface area contributed by atoms with Crippen molar-refractivity contribution in [3.05, 3.63) is 65.2 Å². The number of ether oxygens (including phenoxy) is 1. The molecule has 0 heterocycles. The summed E-state index contributed by atoms with van der Waals surface area (Å²) in [6, 6.07) is 16.4. The van der Waals surface area contributed by atoms with Crippen LogP contribution in [0.4, 0.5) is 0 Å². The number of nitrogens with one attached hydrogen (secondary N) is 1. The average Bonchev–Trinajstić information content (AvgIpc) is 2.58. The maximum absolute atomic E-state index is 11.9. The molecule has 0 aromatic heterocycles. The Balaban J connectivity index is 1.65. The van der Waals surface area contributed by atoms with Crippen LogP contribution in [0.1, 0.15) is 42.9 Å². The molecule has 0 unspecified atom stereocenters. The minimum Gasteiger partial charge on any atom is -0.491 e. The highest BCUT2D eigenvalue weighted by Crippen LogP contribution is 2.16. The highest BCUT2D eigenvalue weighted by Gasteiger charge is 2.04. The van der Waals surface area contributed by atoms with Gasteiger partial charge in [-0.25, -0.2) is 0 Å². The van der Waals surface area contributed by atoms with Crippen LogP contribution in [0.2, 0.25) is 0 Å². The molecule has 1 N–H and O–H groups in total. The van der Waals surface area contributed by atoms with Gasteiger partial charge in [-0.1, -0.05) is 56.3 Å². The first kappa shape index (κ1) is 18.1. The van der Waals surface area contributed by atoms with Crippen molar-refractivity contribution >= 4 is 5.91 Å². The van der Waals surface area contributed by atoms with Crippen LogP contribution >= 0.6 is 0 Å². The summed E-state index contributed by atoms with van der Waals surface area (Å²) in [6.07, 6.45) is 1.27. The van der Waals surface area contributed by atoms with Gasteiger partial charge in [-0.3, -0.25) is 4.79 Å². The fourth-order valence-electron chi connectivity index (χ4n) is 2.49. The van der Waals surface area contributed by atoms with Crippen molar-refractivity contribution in [2.24, 2.45) is 0 Å². The molecule has 0 spiro atoms. The van der Waals surface area contributed by atoms with Crippen LogP contribution < -0.4 is 10.1 Å². The number of amides is 1. The zero-order valence-electron chi connectivity index (χ0n) is 14.8. The third kappa shape index (κ3) is 5.73. The van der Waals surface area contributed by atoms with Crippen molar-refractivity contribution in [2.45, 2.75) is 39.5 Å². The standard InChI is InChI=1S/C21H27NO2/c1-16(2)19-11-8-18(9-12-19)10-13-21(23)22-14-15-24-20-7-5-4-6-17(20)3/h4-9,11-12,16H,10,13-15H2,1-3H3,(H,22,23). The van der Waals surface area contributed by atoms with Crippen LogP contribution in [0.5, 0.6) is 5.75 Å². The zero-order valence-corrected chi connectivity index (χ0v) is 14.8. The van der Waals surface area contributed by atoms with Crippen LogP contribution in [0.15, 0.2) is 48.5 Å². The lowest BCUT2D eigenvalue weighted by atomic mass is 10.0. The smallest absolute Gasteiger partial charge is 0.220 e. The molecular formula is C21H27NO2. The van der Waals surface area contributed by atoms with Gasteiger partial charge in [0.2, 0.25) is 5.91 Å².